The van der Waals surface area contributed by atoms with E-state index in [1.807, 2.05) is 0 Å². The van der Waals surface area contributed by atoms with Crippen LogP contribution in [0.2, 0.25) is 39.3 Å². The lowest BCUT2D eigenvalue weighted by Crippen LogP contribution is -2.69. The third-order valence-corrected chi connectivity index (χ3v) is 14.7. The number of rotatable bonds is 10. The Balaban J connectivity index is 1.74. The molecule has 2 fully saturated rings. The highest BCUT2D eigenvalue weighted by molar-refractivity contribution is 7.02. The first-order chi connectivity index (χ1) is 14.5. The number of hydrogen-bond donors (Lipinski definition) is 0. The van der Waals surface area contributed by atoms with E-state index in [1.54, 1.807) is 0 Å². The predicted molar refractivity (Wildman–Crippen MR) is 134 cm³/mol. The van der Waals surface area contributed by atoms with E-state index in [4.69, 9.17) is 17.7 Å². The molecule has 2 unspecified atom stereocenters. The van der Waals surface area contributed by atoms with Crippen LogP contribution in [0.25, 0.3) is 0 Å². The van der Waals surface area contributed by atoms with Crippen LogP contribution >= 0.6 is 0 Å². The van der Waals surface area contributed by atoms with Crippen LogP contribution in [-0.4, -0.2) is 50.6 Å². The zero-order chi connectivity index (χ0) is 22.3. The molecule has 0 N–H and O–H groups in total. The van der Waals surface area contributed by atoms with E-state index in [0.717, 1.165) is 26.1 Å². The number of benzene rings is 2. The molecule has 168 valence electrons. The summed E-state index contributed by atoms with van der Waals surface area (Å²) in [5.41, 5.74) is 2.63. The van der Waals surface area contributed by atoms with Gasteiger partial charge < -0.3 is 17.7 Å². The molecule has 2 aliphatic rings. The lowest BCUT2D eigenvalue weighted by Gasteiger charge is -2.41. The second-order valence-electron chi connectivity index (χ2n) is 10.8. The van der Waals surface area contributed by atoms with E-state index in [-0.39, 0.29) is 0 Å². The summed E-state index contributed by atoms with van der Waals surface area (Å²) < 4.78 is 25.0. The first kappa shape index (κ1) is 23.1. The monoisotopic (exact) mass is 472 g/mol. The van der Waals surface area contributed by atoms with Gasteiger partial charge in [-0.15, -0.1) is 0 Å². The summed E-state index contributed by atoms with van der Waals surface area (Å²) in [5.74, 6) is 0. The van der Waals surface area contributed by atoms with Crippen molar-refractivity contribution in [2.45, 2.75) is 64.3 Å². The van der Waals surface area contributed by atoms with E-state index in [9.17, 15) is 0 Å². The van der Waals surface area contributed by atoms with Gasteiger partial charge in [-0.25, -0.2) is 0 Å². The van der Waals surface area contributed by atoms with Gasteiger partial charge in [-0.05, 0) is 60.8 Å². The predicted octanol–water partition coefficient (Wildman–Crippen LogP) is 3.83. The molecule has 0 saturated carbocycles. The normalized spacial score (nSPS) is 21.2. The zero-order valence-corrected chi connectivity index (χ0v) is 22.7. The second kappa shape index (κ2) is 8.70. The lowest BCUT2D eigenvalue weighted by molar-refractivity contribution is 0.407. The smallest absolute Gasteiger partial charge is 0.386 e. The summed E-state index contributed by atoms with van der Waals surface area (Å²) in [5, 5.41) is 2.41. The van der Waals surface area contributed by atoms with Crippen molar-refractivity contribution >= 4 is 35.6 Å². The molecule has 4 rings (SSSR count). The Morgan fingerprint density at radius 3 is 1.23 bits per heavy atom. The van der Waals surface area contributed by atoms with E-state index >= 15 is 0 Å². The summed E-state index contributed by atoms with van der Waals surface area (Å²) >= 11 is 0. The van der Waals surface area contributed by atoms with Crippen molar-refractivity contribution < 1.29 is 17.7 Å². The Bertz CT molecular complexity index is 802. The SMILES string of the molecule is C[Si](C)(C)O[Si](O[Si](C)(C)C)(c1ccc(CC2CO2)cc1)c1ccc(CC2CO2)cc1. The van der Waals surface area contributed by atoms with Crippen LogP contribution in [0.5, 0.6) is 0 Å². The van der Waals surface area contributed by atoms with Gasteiger partial charge >= 0.3 is 8.56 Å². The van der Waals surface area contributed by atoms with Gasteiger partial charge in [0.1, 0.15) is 0 Å². The van der Waals surface area contributed by atoms with Gasteiger partial charge in [0.05, 0.1) is 25.4 Å². The van der Waals surface area contributed by atoms with Crippen molar-refractivity contribution in [1.29, 1.82) is 0 Å². The number of ether oxygens (including phenoxy) is 2. The van der Waals surface area contributed by atoms with Crippen molar-refractivity contribution in [3.8, 4) is 0 Å². The second-order valence-corrected chi connectivity index (χ2v) is 23.2. The molecule has 0 amide bonds. The third kappa shape index (κ3) is 6.47. The van der Waals surface area contributed by atoms with Crippen molar-refractivity contribution in [1.82, 2.24) is 0 Å². The van der Waals surface area contributed by atoms with Crippen LogP contribution in [0.3, 0.4) is 0 Å². The molecule has 0 radical (unpaired) electrons. The van der Waals surface area contributed by atoms with Crippen molar-refractivity contribution in [3.05, 3.63) is 59.7 Å². The zero-order valence-electron chi connectivity index (χ0n) is 19.7. The quantitative estimate of drug-likeness (QED) is 0.389. The highest BCUT2D eigenvalue weighted by atomic mass is 28.5. The Kier molecular flexibility index (Phi) is 6.48. The molecule has 0 aromatic heterocycles. The minimum absolute atomic E-state index is 0.396. The van der Waals surface area contributed by atoms with Gasteiger partial charge in [-0.3, -0.25) is 0 Å². The van der Waals surface area contributed by atoms with E-state index in [1.165, 1.54) is 21.5 Å². The van der Waals surface area contributed by atoms with E-state index in [2.05, 4.69) is 87.8 Å². The highest BCUT2D eigenvalue weighted by Crippen LogP contribution is 2.23. The fraction of sp³-hybridized carbons (Fsp3) is 0.500. The van der Waals surface area contributed by atoms with Crippen LogP contribution in [0.4, 0.5) is 0 Å². The molecule has 2 aromatic carbocycles. The van der Waals surface area contributed by atoms with Crippen LogP contribution in [0.15, 0.2) is 48.5 Å². The average molecular weight is 473 g/mol. The molecule has 2 saturated heterocycles. The highest BCUT2D eigenvalue weighted by Gasteiger charge is 2.48. The summed E-state index contributed by atoms with van der Waals surface area (Å²) in [6.45, 7) is 15.4. The Morgan fingerprint density at radius 1 is 0.645 bits per heavy atom. The largest absolute Gasteiger partial charge is 0.430 e. The standard InChI is InChI=1S/C24H36O4Si3/c1-29(2,3)27-31(28-30(4,5)6,23-11-7-19(8-12-23)15-21-17-25-21)24-13-9-20(10-14-24)16-22-18-26-22/h7-14,21-22H,15-18H2,1-6H3. The van der Waals surface area contributed by atoms with Crippen molar-refractivity contribution in [2.75, 3.05) is 13.2 Å². The molecule has 2 aliphatic heterocycles. The van der Waals surface area contributed by atoms with E-state index < -0.39 is 25.2 Å². The molecule has 0 bridgehead atoms. The fourth-order valence-electron chi connectivity index (χ4n) is 3.90. The van der Waals surface area contributed by atoms with E-state index in [0.29, 0.717) is 12.2 Å². The first-order valence-electron chi connectivity index (χ1n) is 11.3. The Morgan fingerprint density at radius 2 is 0.968 bits per heavy atom. The molecule has 0 spiro atoms. The van der Waals surface area contributed by atoms with Crippen molar-refractivity contribution in [2.24, 2.45) is 0 Å². The molecule has 0 aliphatic carbocycles. The topological polar surface area (TPSA) is 43.5 Å². The summed E-state index contributed by atoms with van der Waals surface area (Å²) in [7, 11) is -6.65. The first-order valence-corrected chi connectivity index (χ1v) is 20.0. The van der Waals surface area contributed by atoms with Gasteiger partial charge in [-0.1, -0.05) is 48.5 Å². The molecule has 31 heavy (non-hydrogen) atoms. The van der Waals surface area contributed by atoms with Crippen LogP contribution in [0, 0.1) is 0 Å². The van der Waals surface area contributed by atoms with Crippen molar-refractivity contribution in [3.63, 3.8) is 0 Å². The summed E-state index contributed by atoms with van der Waals surface area (Å²) in [4.78, 5) is 0. The van der Waals surface area contributed by atoms with Gasteiger partial charge in [0, 0.05) is 12.8 Å². The van der Waals surface area contributed by atoms with Gasteiger partial charge in [0.15, 0.2) is 16.6 Å². The molecule has 2 heterocycles. The minimum atomic E-state index is -2.85. The maximum Gasteiger partial charge on any atom is 0.386 e. The number of hydrogen-bond acceptors (Lipinski definition) is 4. The maximum atomic E-state index is 7.08. The van der Waals surface area contributed by atoms with Crippen LogP contribution in [-0.2, 0) is 30.5 Å². The molecular formula is C24H36O4Si3. The van der Waals surface area contributed by atoms with Gasteiger partial charge in [0.2, 0.25) is 0 Å². The van der Waals surface area contributed by atoms with Crippen LogP contribution < -0.4 is 10.4 Å². The minimum Gasteiger partial charge on any atom is -0.430 e. The van der Waals surface area contributed by atoms with Gasteiger partial charge in [-0.2, -0.15) is 0 Å². The molecule has 4 nitrogen and oxygen atoms in total. The summed E-state index contributed by atoms with van der Waals surface area (Å²) in [6, 6.07) is 17.9. The maximum absolute atomic E-state index is 7.08. The molecule has 2 aromatic rings. The number of epoxide rings is 2. The molecule has 2 atom stereocenters. The van der Waals surface area contributed by atoms with Gasteiger partial charge in [0.25, 0.3) is 0 Å². The Labute approximate surface area is 190 Å². The Hall–Kier alpha value is -1.07. The molecule has 7 heteroatoms. The van der Waals surface area contributed by atoms with Crippen LogP contribution in [0.1, 0.15) is 11.1 Å². The average Bonchev–Trinajstić information content (AvgIpc) is 3.57. The molecular weight excluding hydrogens is 437 g/mol. The lowest BCUT2D eigenvalue weighted by atomic mass is 10.1. The third-order valence-electron chi connectivity index (χ3n) is 5.30. The summed E-state index contributed by atoms with van der Waals surface area (Å²) in [6.07, 6.45) is 2.76. The fourth-order valence-corrected chi connectivity index (χ4v) is 14.8.